The van der Waals surface area contributed by atoms with Gasteiger partial charge in [0, 0.05) is 12.0 Å². The molecular weight excluding hydrogens is 296 g/mol. The van der Waals surface area contributed by atoms with Crippen molar-refractivity contribution in [3.63, 3.8) is 0 Å². The molecule has 0 saturated heterocycles. The van der Waals surface area contributed by atoms with E-state index in [1.54, 1.807) is 0 Å². The molecule has 1 heterocycles. The number of hydrogen-bond acceptors (Lipinski definition) is 3. The second kappa shape index (κ2) is 4.89. The quantitative estimate of drug-likeness (QED) is 0.854. The summed E-state index contributed by atoms with van der Waals surface area (Å²) in [4.78, 5) is 0. The predicted octanol–water partition coefficient (Wildman–Crippen LogP) is 2.12. The maximum absolute atomic E-state index is 13.6. The van der Waals surface area contributed by atoms with E-state index in [1.807, 2.05) is 0 Å². The van der Waals surface area contributed by atoms with Gasteiger partial charge in [-0.05, 0) is 28.1 Å². The molecule has 0 aliphatic carbocycles. The second-order valence-electron chi connectivity index (χ2n) is 3.44. The number of benzene rings is 1. The van der Waals surface area contributed by atoms with Crippen LogP contribution < -0.4 is 0 Å². The number of nitrogens with one attached hydrogen (secondary N) is 1. The first-order chi connectivity index (χ1) is 8.09. The van der Waals surface area contributed by atoms with E-state index in [2.05, 4.69) is 31.3 Å². The van der Waals surface area contributed by atoms with Crippen LogP contribution in [0.2, 0.25) is 0 Å². The summed E-state index contributed by atoms with van der Waals surface area (Å²) in [7, 11) is 0. The molecule has 1 aromatic heterocycles. The fraction of sp³-hybridized carbons (Fsp3) is 0.200. The van der Waals surface area contributed by atoms with Gasteiger partial charge in [-0.1, -0.05) is 0 Å². The third-order valence-electron chi connectivity index (χ3n) is 2.31. The lowest BCUT2D eigenvalue weighted by molar-refractivity contribution is 0.170. The minimum Gasteiger partial charge on any atom is -0.386 e. The van der Waals surface area contributed by atoms with Crippen LogP contribution in [0.3, 0.4) is 0 Å². The summed E-state index contributed by atoms with van der Waals surface area (Å²) in [6, 6.07) is 2.41. The van der Waals surface area contributed by atoms with Crippen molar-refractivity contribution in [2.45, 2.75) is 12.5 Å². The summed E-state index contributed by atoms with van der Waals surface area (Å²) in [5.74, 6) is -1.42. The highest BCUT2D eigenvalue weighted by atomic mass is 79.9. The van der Waals surface area contributed by atoms with E-state index in [-0.39, 0.29) is 22.2 Å². The Bertz CT molecular complexity index is 519. The Balaban J connectivity index is 2.27. The van der Waals surface area contributed by atoms with Gasteiger partial charge in [0.05, 0.1) is 10.7 Å². The smallest absolute Gasteiger partial charge is 0.143 e. The van der Waals surface area contributed by atoms with Crippen LogP contribution in [-0.4, -0.2) is 20.5 Å². The molecule has 2 N–H and O–H groups in total. The molecule has 7 heteroatoms. The molecule has 1 unspecified atom stereocenters. The first-order valence-electron chi connectivity index (χ1n) is 4.75. The van der Waals surface area contributed by atoms with Crippen LogP contribution in [0.15, 0.2) is 22.8 Å². The van der Waals surface area contributed by atoms with E-state index >= 15 is 0 Å². The van der Waals surface area contributed by atoms with Crippen LogP contribution in [0, 0.1) is 11.6 Å². The molecule has 0 bridgehead atoms. The van der Waals surface area contributed by atoms with Gasteiger partial charge < -0.3 is 5.11 Å². The normalized spacial score (nSPS) is 12.7. The fourth-order valence-corrected chi connectivity index (χ4v) is 1.80. The second-order valence-corrected chi connectivity index (χ2v) is 4.29. The molecule has 0 amide bonds. The highest BCUT2D eigenvalue weighted by molar-refractivity contribution is 9.10. The zero-order chi connectivity index (χ0) is 12.4. The van der Waals surface area contributed by atoms with Crippen molar-refractivity contribution in [1.82, 2.24) is 15.4 Å². The van der Waals surface area contributed by atoms with Gasteiger partial charge in [-0.2, -0.15) is 15.4 Å². The van der Waals surface area contributed by atoms with Crippen molar-refractivity contribution in [3.8, 4) is 0 Å². The van der Waals surface area contributed by atoms with Gasteiger partial charge in [0.25, 0.3) is 0 Å². The highest BCUT2D eigenvalue weighted by Crippen LogP contribution is 2.25. The molecule has 90 valence electrons. The van der Waals surface area contributed by atoms with Crippen LogP contribution in [0.25, 0.3) is 0 Å². The number of aliphatic hydroxyl groups excluding tert-OH is 1. The van der Waals surface area contributed by atoms with Gasteiger partial charge in [0.1, 0.15) is 23.4 Å². The Morgan fingerprint density at radius 3 is 2.82 bits per heavy atom. The van der Waals surface area contributed by atoms with Gasteiger partial charge in [-0.25, -0.2) is 8.78 Å². The maximum atomic E-state index is 13.6. The van der Waals surface area contributed by atoms with E-state index < -0.39 is 17.7 Å². The van der Waals surface area contributed by atoms with Gasteiger partial charge in [0.2, 0.25) is 0 Å². The highest BCUT2D eigenvalue weighted by Gasteiger charge is 2.18. The van der Waals surface area contributed by atoms with Crippen molar-refractivity contribution in [1.29, 1.82) is 0 Å². The number of aromatic nitrogens is 3. The number of nitrogens with zero attached hydrogens (tertiary/aromatic N) is 2. The van der Waals surface area contributed by atoms with Crippen molar-refractivity contribution >= 4 is 15.9 Å². The molecule has 1 atom stereocenters. The van der Waals surface area contributed by atoms with Gasteiger partial charge in [-0.15, -0.1) is 0 Å². The molecule has 2 rings (SSSR count). The molecular formula is C10H8BrF2N3O. The molecule has 0 saturated carbocycles. The summed E-state index contributed by atoms with van der Waals surface area (Å²) >= 11 is 2.96. The van der Waals surface area contributed by atoms with E-state index in [0.29, 0.717) is 0 Å². The molecule has 4 nitrogen and oxygen atoms in total. The third kappa shape index (κ3) is 2.50. The predicted molar refractivity (Wildman–Crippen MR) is 59.1 cm³/mol. The van der Waals surface area contributed by atoms with E-state index in [4.69, 9.17) is 0 Å². The molecule has 0 fully saturated rings. The summed E-state index contributed by atoms with van der Waals surface area (Å²) in [5.41, 5.74) is 0.0543. The van der Waals surface area contributed by atoms with Crippen LogP contribution in [0.4, 0.5) is 8.78 Å². The molecule has 1 aromatic carbocycles. The number of aliphatic hydroxyl groups is 1. The summed E-state index contributed by atoms with van der Waals surface area (Å²) in [6.45, 7) is 0. The minimum atomic E-state index is -1.10. The Morgan fingerprint density at radius 1 is 1.41 bits per heavy atom. The Labute approximate surface area is 104 Å². The number of rotatable bonds is 3. The number of halogens is 3. The van der Waals surface area contributed by atoms with Crippen molar-refractivity contribution < 1.29 is 13.9 Å². The largest absolute Gasteiger partial charge is 0.386 e. The molecule has 17 heavy (non-hydrogen) atoms. The maximum Gasteiger partial charge on any atom is 0.143 e. The van der Waals surface area contributed by atoms with Crippen molar-refractivity contribution in [3.05, 3.63) is 45.7 Å². The summed E-state index contributed by atoms with van der Waals surface area (Å²) in [5, 5.41) is 19.2. The standard InChI is InChI=1S/C10H8BrF2N3O/c11-6-1-2-7(12)5(10(6)13)3-9(17)8-4-14-16-15-8/h1-2,4,9,17H,3H2,(H,14,15,16). The summed E-state index contributed by atoms with van der Waals surface area (Å²) in [6.07, 6.45) is -0.00528. The van der Waals surface area contributed by atoms with Crippen LogP contribution in [-0.2, 0) is 6.42 Å². The first-order valence-corrected chi connectivity index (χ1v) is 5.55. The van der Waals surface area contributed by atoms with Gasteiger partial charge >= 0.3 is 0 Å². The van der Waals surface area contributed by atoms with Crippen LogP contribution in [0.5, 0.6) is 0 Å². The SMILES string of the molecule is OC(Cc1c(F)ccc(Br)c1F)c1cn[nH]n1. The zero-order valence-corrected chi connectivity index (χ0v) is 10.1. The van der Waals surface area contributed by atoms with Crippen molar-refractivity contribution in [2.75, 3.05) is 0 Å². The lowest BCUT2D eigenvalue weighted by atomic mass is 10.1. The van der Waals surface area contributed by atoms with Crippen molar-refractivity contribution in [2.24, 2.45) is 0 Å². The third-order valence-corrected chi connectivity index (χ3v) is 2.92. The topological polar surface area (TPSA) is 61.8 Å². The molecule has 0 aliphatic rings. The van der Waals surface area contributed by atoms with Crippen LogP contribution in [0.1, 0.15) is 17.4 Å². The Hall–Kier alpha value is -1.34. The molecule has 0 spiro atoms. The Kier molecular flexibility index (Phi) is 3.49. The lowest BCUT2D eigenvalue weighted by Crippen LogP contribution is -2.06. The number of hydrogen-bond donors (Lipinski definition) is 2. The zero-order valence-electron chi connectivity index (χ0n) is 8.49. The van der Waals surface area contributed by atoms with E-state index in [9.17, 15) is 13.9 Å². The van der Waals surface area contributed by atoms with Gasteiger partial charge in [-0.3, -0.25) is 0 Å². The Morgan fingerprint density at radius 2 is 2.18 bits per heavy atom. The van der Waals surface area contributed by atoms with Gasteiger partial charge in [0.15, 0.2) is 0 Å². The fourth-order valence-electron chi connectivity index (χ4n) is 1.43. The summed E-state index contributed by atoms with van der Waals surface area (Å²) < 4.78 is 27.2. The van der Waals surface area contributed by atoms with Crippen LogP contribution >= 0.6 is 15.9 Å². The lowest BCUT2D eigenvalue weighted by Gasteiger charge is -2.10. The molecule has 0 aliphatic heterocycles. The average Bonchev–Trinajstić information content (AvgIpc) is 2.83. The minimum absolute atomic E-state index is 0.154. The molecule has 2 aromatic rings. The first kappa shape index (κ1) is 12.1. The average molecular weight is 304 g/mol. The number of H-pyrrole nitrogens is 1. The monoisotopic (exact) mass is 303 g/mol. The van der Waals surface area contributed by atoms with E-state index in [1.165, 1.54) is 12.3 Å². The molecule has 0 radical (unpaired) electrons. The number of aromatic amines is 1. The van der Waals surface area contributed by atoms with E-state index in [0.717, 1.165) is 6.07 Å².